The van der Waals surface area contributed by atoms with Crippen LogP contribution >= 0.6 is 0 Å². The van der Waals surface area contributed by atoms with E-state index in [2.05, 4.69) is 24.1 Å². The van der Waals surface area contributed by atoms with Gasteiger partial charge < -0.3 is 10.1 Å². The smallest absolute Gasteiger partial charge is 0.0586 e. The Morgan fingerprint density at radius 2 is 2.17 bits per heavy atom. The Morgan fingerprint density at radius 3 is 2.89 bits per heavy atom. The molecule has 0 spiro atoms. The highest BCUT2D eigenvalue weighted by Crippen LogP contribution is 2.27. The first-order chi connectivity index (χ1) is 8.74. The van der Waals surface area contributed by atoms with Crippen LogP contribution in [-0.4, -0.2) is 49.3 Å². The first kappa shape index (κ1) is 14.3. The molecule has 3 heteroatoms. The average Bonchev–Trinajstić information content (AvgIpc) is 2.41. The van der Waals surface area contributed by atoms with Crippen molar-refractivity contribution in [3.05, 3.63) is 0 Å². The van der Waals surface area contributed by atoms with E-state index in [1.807, 2.05) is 7.11 Å². The van der Waals surface area contributed by atoms with Crippen LogP contribution in [0, 0.1) is 0 Å². The second-order valence-corrected chi connectivity index (χ2v) is 6.12. The molecule has 0 radical (unpaired) electrons. The molecule has 1 aliphatic carbocycles. The van der Waals surface area contributed by atoms with Gasteiger partial charge in [-0.3, -0.25) is 4.90 Å². The molecule has 4 atom stereocenters. The van der Waals surface area contributed by atoms with Crippen molar-refractivity contribution >= 4 is 0 Å². The quantitative estimate of drug-likeness (QED) is 0.834. The molecule has 2 fully saturated rings. The molecular formula is C15H30N2O. The largest absolute Gasteiger partial charge is 0.381 e. The maximum Gasteiger partial charge on any atom is 0.0586 e. The predicted octanol–water partition coefficient (Wildman–Crippen LogP) is 2.41. The van der Waals surface area contributed by atoms with Gasteiger partial charge in [-0.15, -0.1) is 0 Å². The highest BCUT2D eigenvalue weighted by Gasteiger charge is 2.33. The molecular weight excluding hydrogens is 224 g/mol. The van der Waals surface area contributed by atoms with Gasteiger partial charge in [-0.2, -0.15) is 0 Å². The minimum atomic E-state index is 0.496. The van der Waals surface area contributed by atoms with E-state index in [-0.39, 0.29) is 0 Å². The zero-order valence-electron chi connectivity index (χ0n) is 12.3. The molecule has 0 amide bonds. The van der Waals surface area contributed by atoms with Crippen LogP contribution in [-0.2, 0) is 4.74 Å². The molecule has 1 heterocycles. The zero-order chi connectivity index (χ0) is 13.0. The summed E-state index contributed by atoms with van der Waals surface area (Å²) in [5.41, 5.74) is 0. The van der Waals surface area contributed by atoms with Gasteiger partial charge >= 0.3 is 0 Å². The predicted molar refractivity (Wildman–Crippen MR) is 75.9 cm³/mol. The van der Waals surface area contributed by atoms with Gasteiger partial charge in [0, 0.05) is 38.3 Å². The van der Waals surface area contributed by atoms with Crippen molar-refractivity contribution in [1.29, 1.82) is 0 Å². The van der Waals surface area contributed by atoms with Crippen molar-refractivity contribution in [1.82, 2.24) is 10.2 Å². The molecule has 1 aliphatic heterocycles. The van der Waals surface area contributed by atoms with Crippen molar-refractivity contribution in [3.63, 3.8) is 0 Å². The molecule has 1 saturated heterocycles. The summed E-state index contributed by atoms with van der Waals surface area (Å²) in [7, 11) is 1.87. The SMILES string of the molecule is CCCC1CN(C2CCCC(OC)C2)C(C)CN1. The van der Waals surface area contributed by atoms with E-state index < -0.39 is 0 Å². The number of methoxy groups -OCH3 is 1. The van der Waals surface area contributed by atoms with E-state index in [9.17, 15) is 0 Å². The van der Waals surface area contributed by atoms with E-state index in [4.69, 9.17) is 4.74 Å². The molecule has 18 heavy (non-hydrogen) atoms. The van der Waals surface area contributed by atoms with Crippen LogP contribution in [0.4, 0.5) is 0 Å². The number of ether oxygens (including phenoxy) is 1. The summed E-state index contributed by atoms with van der Waals surface area (Å²) < 4.78 is 5.58. The van der Waals surface area contributed by atoms with E-state index in [1.54, 1.807) is 0 Å². The second kappa shape index (κ2) is 6.88. The van der Waals surface area contributed by atoms with E-state index in [1.165, 1.54) is 45.1 Å². The molecule has 0 aromatic rings. The molecule has 0 aromatic heterocycles. The summed E-state index contributed by atoms with van der Waals surface area (Å²) in [6.07, 6.45) is 8.28. The van der Waals surface area contributed by atoms with Gasteiger partial charge in [0.2, 0.25) is 0 Å². The van der Waals surface area contributed by atoms with Gasteiger partial charge in [-0.05, 0) is 39.0 Å². The van der Waals surface area contributed by atoms with Crippen molar-refractivity contribution in [2.75, 3.05) is 20.2 Å². The minimum absolute atomic E-state index is 0.496. The number of rotatable bonds is 4. The summed E-state index contributed by atoms with van der Waals surface area (Å²) in [5, 5.41) is 3.69. The maximum atomic E-state index is 5.58. The normalized spacial score (nSPS) is 38.8. The van der Waals surface area contributed by atoms with Gasteiger partial charge in [0.25, 0.3) is 0 Å². The second-order valence-electron chi connectivity index (χ2n) is 6.12. The Labute approximate surface area is 112 Å². The molecule has 1 saturated carbocycles. The lowest BCUT2D eigenvalue weighted by atomic mass is 9.89. The molecule has 3 nitrogen and oxygen atoms in total. The Balaban J connectivity index is 1.92. The third kappa shape index (κ3) is 3.46. The average molecular weight is 254 g/mol. The number of hydrogen-bond acceptors (Lipinski definition) is 3. The summed E-state index contributed by atoms with van der Waals surface area (Å²) in [5.74, 6) is 0. The molecule has 2 rings (SSSR count). The van der Waals surface area contributed by atoms with Crippen LogP contribution in [0.5, 0.6) is 0 Å². The van der Waals surface area contributed by atoms with Crippen LogP contribution < -0.4 is 5.32 Å². The Bertz CT molecular complexity index is 247. The third-order valence-electron chi connectivity index (χ3n) is 4.74. The first-order valence-electron chi connectivity index (χ1n) is 7.76. The van der Waals surface area contributed by atoms with Crippen LogP contribution in [0.2, 0.25) is 0 Å². The van der Waals surface area contributed by atoms with Crippen molar-refractivity contribution < 1.29 is 4.74 Å². The van der Waals surface area contributed by atoms with Crippen LogP contribution in [0.25, 0.3) is 0 Å². The molecule has 4 unspecified atom stereocenters. The fourth-order valence-corrected chi connectivity index (χ4v) is 3.64. The standard InChI is InChI=1S/C15H30N2O/c1-4-6-13-11-17(12(2)10-16-13)14-7-5-8-15(9-14)18-3/h12-16H,4-11H2,1-3H3. The lowest BCUT2D eigenvalue weighted by Crippen LogP contribution is -2.59. The van der Waals surface area contributed by atoms with Crippen molar-refractivity contribution in [2.45, 2.75) is 76.6 Å². The maximum absolute atomic E-state index is 5.58. The number of hydrogen-bond donors (Lipinski definition) is 1. The Morgan fingerprint density at radius 1 is 1.33 bits per heavy atom. The Kier molecular flexibility index (Phi) is 5.46. The fraction of sp³-hybridized carbons (Fsp3) is 1.00. The van der Waals surface area contributed by atoms with E-state index in [0.29, 0.717) is 18.2 Å². The fourth-order valence-electron chi connectivity index (χ4n) is 3.64. The van der Waals surface area contributed by atoms with Gasteiger partial charge in [0.05, 0.1) is 6.10 Å². The highest BCUT2D eigenvalue weighted by molar-refractivity contribution is 4.90. The zero-order valence-corrected chi connectivity index (χ0v) is 12.3. The van der Waals surface area contributed by atoms with Crippen LogP contribution in [0.1, 0.15) is 52.4 Å². The summed E-state index contributed by atoms with van der Waals surface area (Å²) in [4.78, 5) is 2.75. The molecule has 0 aromatic carbocycles. The van der Waals surface area contributed by atoms with Crippen LogP contribution in [0.3, 0.4) is 0 Å². The highest BCUT2D eigenvalue weighted by atomic mass is 16.5. The summed E-state index contributed by atoms with van der Waals surface area (Å²) >= 11 is 0. The molecule has 0 bridgehead atoms. The van der Waals surface area contributed by atoms with Gasteiger partial charge in [0.15, 0.2) is 0 Å². The number of nitrogens with zero attached hydrogens (tertiary/aromatic N) is 1. The van der Waals surface area contributed by atoms with Crippen LogP contribution in [0.15, 0.2) is 0 Å². The van der Waals surface area contributed by atoms with Crippen molar-refractivity contribution in [3.8, 4) is 0 Å². The summed E-state index contributed by atoms with van der Waals surface area (Å²) in [6, 6.07) is 2.13. The molecule has 1 N–H and O–H groups in total. The van der Waals surface area contributed by atoms with E-state index >= 15 is 0 Å². The third-order valence-corrected chi connectivity index (χ3v) is 4.74. The minimum Gasteiger partial charge on any atom is -0.381 e. The lowest BCUT2D eigenvalue weighted by molar-refractivity contribution is 0.00299. The van der Waals surface area contributed by atoms with Gasteiger partial charge in [-0.1, -0.05) is 13.3 Å². The van der Waals surface area contributed by atoms with Crippen molar-refractivity contribution in [2.24, 2.45) is 0 Å². The number of piperazine rings is 1. The van der Waals surface area contributed by atoms with Gasteiger partial charge in [0.1, 0.15) is 0 Å². The topological polar surface area (TPSA) is 24.5 Å². The van der Waals surface area contributed by atoms with Gasteiger partial charge in [-0.25, -0.2) is 0 Å². The molecule has 2 aliphatic rings. The Hall–Kier alpha value is -0.120. The van der Waals surface area contributed by atoms with E-state index in [0.717, 1.165) is 12.6 Å². The summed E-state index contributed by atoms with van der Waals surface area (Å²) in [6.45, 7) is 7.03. The first-order valence-corrected chi connectivity index (χ1v) is 7.76. The monoisotopic (exact) mass is 254 g/mol. The molecule has 106 valence electrons. The lowest BCUT2D eigenvalue weighted by Gasteiger charge is -2.45. The number of nitrogens with one attached hydrogen (secondary N) is 1.